The van der Waals surface area contributed by atoms with Gasteiger partial charge < -0.3 is 29.7 Å². The average molecular weight is 606 g/mol. The highest BCUT2D eigenvalue weighted by Gasteiger charge is 2.38. The van der Waals surface area contributed by atoms with Crippen molar-refractivity contribution in [2.24, 2.45) is 17.8 Å². The summed E-state index contributed by atoms with van der Waals surface area (Å²) in [4.78, 5) is 20.7. The van der Waals surface area contributed by atoms with Crippen molar-refractivity contribution in [1.29, 1.82) is 0 Å². The number of hydrogen-bond acceptors (Lipinski definition) is 10. The van der Waals surface area contributed by atoms with E-state index < -0.39 is 6.10 Å². The Labute approximate surface area is 259 Å². The number of piperidine rings is 2. The lowest BCUT2D eigenvalue weighted by Crippen LogP contribution is -2.64. The van der Waals surface area contributed by atoms with Gasteiger partial charge in [-0.3, -0.25) is 25.6 Å². The molecule has 11 heteroatoms. The number of aliphatic hydroxyl groups excluding tert-OH is 1. The first-order chi connectivity index (χ1) is 20.9. The molecule has 0 aromatic heterocycles. The summed E-state index contributed by atoms with van der Waals surface area (Å²) in [5.74, 6) is 1.45. The molecule has 43 heavy (non-hydrogen) atoms. The molecule has 2 saturated carbocycles. The summed E-state index contributed by atoms with van der Waals surface area (Å²) in [6, 6.07) is 0.939. The van der Waals surface area contributed by atoms with Crippen LogP contribution in [0, 0.1) is 17.8 Å². The van der Waals surface area contributed by atoms with Gasteiger partial charge in [0.15, 0.2) is 0 Å². The van der Waals surface area contributed by atoms with Gasteiger partial charge in [0.05, 0.1) is 44.0 Å². The van der Waals surface area contributed by atoms with Gasteiger partial charge in [-0.25, -0.2) is 0 Å². The number of nitrogens with one attached hydrogen (secondary N) is 4. The minimum atomic E-state index is -0.541. The van der Waals surface area contributed by atoms with E-state index >= 15 is 0 Å². The summed E-state index contributed by atoms with van der Waals surface area (Å²) in [5.41, 5.74) is 0. The van der Waals surface area contributed by atoms with E-state index in [4.69, 9.17) is 9.47 Å². The second-order valence-corrected chi connectivity index (χ2v) is 14.6. The fourth-order valence-corrected chi connectivity index (χ4v) is 8.27. The molecule has 6 aliphatic rings. The molecule has 0 spiro atoms. The lowest BCUT2D eigenvalue weighted by atomic mass is 9.74. The Morgan fingerprint density at radius 2 is 1.88 bits per heavy atom. The molecule has 6 rings (SSSR count). The molecular formula is C32H59N7O4. The van der Waals surface area contributed by atoms with Gasteiger partial charge in [-0.2, -0.15) is 0 Å². The van der Waals surface area contributed by atoms with E-state index in [1.807, 2.05) is 0 Å². The standard InChI is InChI=1S/C32H59N7O4/c1-22-29(43-21-34-22)20-42-28-7-6-24-18-38(9-8-23(24)14-28)19-27(40)17-33-32(41)25-15-30(35-26-4-3-5-26)36-31(16-25)39-12-10-37(2)11-13-39/h22-31,34-36,40H,3-21H2,1-2H3,(H,33,41)/t22?,23?,24?,25?,27-,28?,29?,30?,31?/m0/s1. The normalized spacial score (nSPS) is 39.2. The molecule has 8 unspecified atom stereocenters. The van der Waals surface area contributed by atoms with Gasteiger partial charge in [-0.05, 0) is 83.7 Å². The summed E-state index contributed by atoms with van der Waals surface area (Å²) in [6.45, 7) is 10.7. The summed E-state index contributed by atoms with van der Waals surface area (Å²) in [6.07, 6.45) is 10.4. The summed E-state index contributed by atoms with van der Waals surface area (Å²) < 4.78 is 12.0. The molecule has 11 nitrogen and oxygen atoms in total. The number of hydrogen-bond donors (Lipinski definition) is 5. The lowest BCUT2D eigenvalue weighted by Gasteiger charge is -2.46. The number of carbonyl (C=O) groups excluding carboxylic acids is 1. The summed E-state index contributed by atoms with van der Waals surface area (Å²) in [5, 5.41) is 25.0. The number of likely N-dealkylation sites (N-methyl/N-ethyl adjacent to an activating group) is 1. The molecule has 4 heterocycles. The zero-order chi connectivity index (χ0) is 29.8. The Hall–Kier alpha value is -0.890. The van der Waals surface area contributed by atoms with Crippen molar-refractivity contribution in [2.45, 2.75) is 107 Å². The van der Waals surface area contributed by atoms with Gasteiger partial charge in [-0.1, -0.05) is 6.42 Å². The van der Waals surface area contributed by atoms with E-state index in [0.717, 1.165) is 65.0 Å². The van der Waals surface area contributed by atoms with Crippen LogP contribution in [0.25, 0.3) is 0 Å². The van der Waals surface area contributed by atoms with E-state index in [1.54, 1.807) is 0 Å². The van der Waals surface area contributed by atoms with Crippen LogP contribution in [0.3, 0.4) is 0 Å². The molecule has 5 N–H and O–H groups in total. The Morgan fingerprint density at radius 1 is 1.05 bits per heavy atom. The number of aliphatic hydroxyl groups is 1. The van der Waals surface area contributed by atoms with Crippen molar-refractivity contribution in [3.05, 3.63) is 0 Å². The third-order valence-electron chi connectivity index (χ3n) is 11.5. The van der Waals surface area contributed by atoms with Gasteiger partial charge >= 0.3 is 0 Å². The van der Waals surface area contributed by atoms with Crippen LogP contribution in [-0.2, 0) is 14.3 Å². The van der Waals surface area contributed by atoms with Crippen LogP contribution in [0.15, 0.2) is 0 Å². The van der Waals surface area contributed by atoms with Crippen LogP contribution in [0.1, 0.15) is 64.7 Å². The molecule has 6 fully saturated rings. The number of amides is 1. The fourth-order valence-electron chi connectivity index (χ4n) is 8.27. The van der Waals surface area contributed by atoms with E-state index in [0.29, 0.717) is 56.5 Å². The Bertz CT molecular complexity index is 888. The molecule has 1 amide bonds. The third-order valence-corrected chi connectivity index (χ3v) is 11.5. The van der Waals surface area contributed by atoms with E-state index in [2.05, 4.69) is 49.9 Å². The predicted octanol–water partition coefficient (Wildman–Crippen LogP) is 0.346. The molecule has 4 aliphatic heterocycles. The largest absolute Gasteiger partial charge is 0.390 e. The third kappa shape index (κ3) is 8.68. The molecule has 2 aliphatic carbocycles. The van der Waals surface area contributed by atoms with Crippen molar-refractivity contribution in [2.75, 3.05) is 72.7 Å². The number of likely N-dealkylation sites (tertiary alicyclic amines) is 1. The van der Waals surface area contributed by atoms with Crippen molar-refractivity contribution >= 4 is 5.91 Å². The van der Waals surface area contributed by atoms with Crippen LogP contribution in [0.5, 0.6) is 0 Å². The molecule has 9 atom stereocenters. The van der Waals surface area contributed by atoms with E-state index in [9.17, 15) is 9.90 Å². The number of rotatable bonds is 11. The Kier molecular flexibility index (Phi) is 11.3. The minimum absolute atomic E-state index is 0.0384. The quantitative estimate of drug-likeness (QED) is 0.226. The predicted molar refractivity (Wildman–Crippen MR) is 166 cm³/mol. The number of carbonyl (C=O) groups is 1. The monoisotopic (exact) mass is 605 g/mol. The lowest BCUT2D eigenvalue weighted by molar-refractivity contribution is -0.128. The number of fused-ring (bicyclic) bond motifs is 1. The van der Waals surface area contributed by atoms with Crippen LogP contribution in [0.2, 0.25) is 0 Å². The molecule has 0 radical (unpaired) electrons. The molecule has 0 aromatic rings. The second kappa shape index (κ2) is 15.1. The molecular weight excluding hydrogens is 546 g/mol. The van der Waals surface area contributed by atoms with Crippen molar-refractivity contribution in [1.82, 2.24) is 36.0 Å². The van der Waals surface area contributed by atoms with Crippen molar-refractivity contribution in [3.63, 3.8) is 0 Å². The first-order valence-corrected chi connectivity index (χ1v) is 17.5. The summed E-state index contributed by atoms with van der Waals surface area (Å²) in [7, 11) is 2.18. The van der Waals surface area contributed by atoms with Crippen LogP contribution in [0.4, 0.5) is 0 Å². The molecule has 0 bridgehead atoms. The van der Waals surface area contributed by atoms with E-state index in [1.165, 1.54) is 32.1 Å². The van der Waals surface area contributed by atoms with Gasteiger partial charge in [0, 0.05) is 63.8 Å². The van der Waals surface area contributed by atoms with Gasteiger partial charge in [0.25, 0.3) is 0 Å². The van der Waals surface area contributed by atoms with Gasteiger partial charge in [0.1, 0.15) is 0 Å². The topological polar surface area (TPSA) is 114 Å². The highest BCUT2D eigenvalue weighted by Crippen LogP contribution is 2.37. The Morgan fingerprint density at radius 3 is 2.63 bits per heavy atom. The highest BCUT2D eigenvalue weighted by molar-refractivity contribution is 5.78. The zero-order valence-corrected chi connectivity index (χ0v) is 26.7. The number of nitrogens with zero attached hydrogens (tertiary/aromatic N) is 3. The smallest absolute Gasteiger partial charge is 0.223 e. The van der Waals surface area contributed by atoms with Crippen LogP contribution in [-0.4, -0.2) is 141 Å². The van der Waals surface area contributed by atoms with Gasteiger partial charge in [0.2, 0.25) is 5.91 Å². The maximum absolute atomic E-state index is 13.4. The maximum atomic E-state index is 13.4. The van der Waals surface area contributed by atoms with Gasteiger partial charge in [-0.15, -0.1) is 0 Å². The molecule has 246 valence electrons. The number of β-amino-alcohol motifs (C(OH)–C–C–N with tert-alkyl or cyclic N) is 1. The average Bonchev–Trinajstić information content (AvgIpc) is 3.41. The fraction of sp³-hybridized carbons (Fsp3) is 0.969. The first kappa shape index (κ1) is 32.1. The number of ether oxygens (including phenoxy) is 2. The van der Waals surface area contributed by atoms with Crippen molar-refractivity contribution in [3.8, 4) is 0 Å². The highest BCUT2D eigenvalue weighted by atomic mass is 16.5. The first-order valence-electron chi connectivity index (χ1n) is 17.5. The molecule has 0 aromatic carbocycles. The van der Waals surface area contributed by atoms with Crippen LogP contribution < -0.4 is 21.3 Å². The molecule has 4 saturated heterocycles. The van der Waals surface area contributed by atoms with Crippen LogP contribution >= 0.6 is 0 Å². The zero-order valence-electron chi connectivity index (χ0n) is 26.7. The van der Waals surface area contributed by atoms with E-state index in [-0.39, 0.29) is 30.3 Å². The minimum Gasteiger partial charge on any atom is -0.390 e. The van der Waals surface area contributed by atoms with Crippen molar-refractivity contribution < 1.29 is 19.4 Å². The second-order valence-electron chi connectivity index (χ2n) is 14.6. The SMILES string of the molecule is CC1NCOC1COC1CCC2CN(C[C@@H](O)CNC(=O)C3CC(NC4CCC4)NC(N4CCN(C)CC4)C3)CCC2C1. The summed E-state index contributed by atoms with van der Waals surface area (Å²) >= 11 is 0. The Balaban J connectivity index is 0.917. The number of piperazine rings is 1. The maximum Gasteiger partial charge on any atom is 0.223 e.